The van der Waals surface area contributed by atoms with Crippen LogP contribution in [0.15, 0.2) is 27.5 Å². The molecule has 4 heterocycles. The smallest absolute Gasteiger partial charge is 0.276 e. The Morgan fingerprint density at radius 2 is 2.41 bits per heavy atom. The highest BCUT2D eigenvalue weighted by Crippen LogP contribution is 2.37. The lowest BCUT2D eigenvalue weighted by molar-refractivity contribution is -0.143. The quantitative estimate of drug-likeness (QED) is 0.166. The van der Waals surface area contributed by atoms with Crippen LogP contribution in [0.5, 0.6) is 0 Å². The number of hydrogen-bond acceptors (Lipinski definition) is 12. The van der Waals surface area contributed by atoms with Gasteiger partial charge in [-0.3, -0.25) is 9.59 Å². The Morgan fingerprint density at radius 3 is 3.12 bits per heavy atom. The summed E-state index contributed by atoms with van der Waals surface area (Å²) in [6.45, 7) is 0.291. The number of aromatic nitrogens is 5. The number of thioether (sulfide) groups is 2. The van der Waals surface area contributed by atoms with Crippen molar-refractivity contribution in [1.29, 1.82) is 0 Å². The first-order chi connectivity index (χ1) is 15.5. The van der Waals surface area contributed by atoms with Crippen molar-refractivity contribution >= 4 is 57.5 Å². The number of hydrogen-bond donors (Lipinski definition) is 2. The van der Waals surface area contributed by atoms with E-state index in [2.05, 4.69) is 36.9 Å². The lowest BCUT2D eigenvalue weighted by atomic mass is 10.1. The first-order valence-electron chi connectivity index (χ1n) is 9.11. The Hall–Kier alpha value is -3.09. The Balaban J connectivity index is 1.37. The third-order valence-corrected chi connectivity index (χ3v) is 7.53. The molecule has 0 bridgehead atoms. The van der Waals surface area contributed by atoms with Crippen molar-refractivity contribution in [2.75, 3.05) is 24.3 Å². The maximum atomic E-state index is 12.7. The fourth-order valence-corrected chi connectivity index (χ4v) is 5.76. The van der Waals surface area contributed by atoms with E-state index in [0.717, 1.165) is 5.57 Å². The number of amides is 2. The highest BCUT2D eigenvalue weighted by molar-refractivity contribution is 8.01. The predicted octanol–water partition coefficient (Wildman–Crippen LogP) is -0.228. The minimum absolute atomic E-state index is 0.0372. The molecule has 32 heavy (non-hydrogen) atoms. The van der Waals surface area contributed by atoms with Gasteiger partial charge in [-0.15, -0.1) is 34.6 Å². The Labute approximate surface area is 195 Å². The molecule has 1 saturated heterocycles. The molecule has 3 N–H and O–H groups in total. The van der Waals surface area contributed by atoms with E-state index in [1.54, 1.807) is 26.7 Å². The molecule has 0 saturated carbocycles. The van der Waals surface area contributed by atoms with E-state index in [1.807, 2.05) is 6.20 Å². The third kappa shape index (κ3) is 4.42. The minimum Gasteiger partial charge on any atom is -0.398 e. The summed E-state index contributed by atoms with van der Waals surface area (Å²) in [5.74, 6) is 3.05. The first kappa shape index (κ1) is 22.1. The zero-order valence-electron chi connectivity index (χ0n) is 16.7. The largest absolute Gasteiger partial charge is 0.398 e. The first-order valence-corrected chi connectivity index (χ1v) is 12.0. The summed E-state index contributed by atoms with van der Waals surface area (Å²) in [7, 11) is 1.33. The van der Waals surface area contributed by atoms with E-state index in [4.69, 9.17) is 17.0 Å². The molecule has 166 valence electrons. The van der Waals surface area contributed by atoms with Gasteiger partial charge in [-0.1, -0.05) is 22.8 Å². The number of nitrogens with zero attached hydrogens (tertiary/aromatic N) is 7. The molecule has 0 spiro atoms. The maximum absolute atomic E-state index is 12.7. The standard InChI is InChI=1S/C17H17N9O3S3/c1-3-4-26-17(21-23-24-26)32-7-9-5-25-14(28)12(15(25)30-6-9)20-13(27)11(22-29-2)10-8-31-16(18)19-10/h1,5,8,12,15H,4,6-7H2,2H3,(H2,18,19)(H,20,27)/t12?,15-/m0/s1. The summed E-state index contributed by atoms with van der Waals surface area (Å²) < 4.78 is 1.54. The van der Waals surface area contributed by atoms with E-state index in [-0.39, 0.29) is 22.7 Å². The highest BCUT2D eigenvalue weighted by Gasteiger charge is 2.49. The number of anilines is 1. The van der Waals surface area contributed by atoms with Gasteiger partial charge in [0.1, 0.15) is 30.8 Å². The van der Waals surface area contributed by atoms with Crippen LogP contribution in [0.1, 0.15) is 5.69 Å². The summed E-state index contributed by atoms with van der Waals surface area (Å²) in [5.41, 5.74) is 6.94. The number of carbonyl (C=O) groups is 2. The summed E-state index contributed by atoms with van der Waals surface area (Å²) in [6, 6.07) is -0.668. The zero-order valence-corrected chi connectivity index (χ0v) is 19.1. The number of tetrazole rings is 1. The van der Waals surface area contributed by atoms with Crippen molar-refractivity contribution < 1.29 is 14.4 Å². The second kappa shape index (κ2) is 9.59. The minimum atomic E-state index is -0.668. The van der Waals surface area contributed by atoms with Gasteiger partial charge < -0.3 is 20.8 Å². The van der Waals surface area contributed by atoms with Crippen LogP contribution in [0.2, 0.25) is 0 Å². The van der Waals surface area contributed by atoms with Gasteiger partial charge in [-0.25, -0.2) is 9.67 Å². The molecule has 2 aromatic heterocycles. The van der Waals surface area contributed by atoms with Gasteiger partial charge in [0, 0.05) is 23.1 Å². The molecule has 2 amide bonds. The average molecular weight is 492 g/mol. The third-order valence-electron chi connectivity index (χ3n) is 4.42. The van der Waals surface area contributed by atoms with Crippen LogP contribution in [-0.4, -0.2) is 77.6 Å². The van der Waals surface area contributed by atoms with E-state index < -0.39 is 11.9 Å². The molecule has 12 nitrogen and oxygen atoms in total. The second-order valence-corrected chi connectivity index (χ2v) is 9.43. The van der Waals surface area contributed by atoms with E-state index in [0.29, 0.717) is 28.3 Å². The molecule has 4 rings (SSSR count). The molecule has 1 unspecified atom stereocenters. The topological polar surface area (TPSA) is 154 Å². The molecule has 2 aromatic rings. The van der Waals surface area contributed by atoms with Crippen LogP contribution in [0.3, 0.4) is 0 Å². The van der Waals surface area contributed by atoms with Crippen LogP contribution in [0, 0.1) is 12.3 Å². The SMILES string of the molecule is C#CCn1nnnc1SCC1=CN2C(=O)C(NC(=O)C(=NOC)c3csc(N)n3)[C@@H]2SC1. The van der Waals surface area contributed by atoms with E-state index in [9.17, 15) is 9.59 Å². The molecule has 15 heteroatoms. The van der Waals surface area contributed by atoms with Gasteiger partial charge in [-0.2, -0.15) is 0 Å². The number of carbonyl (C=O) groups excluding carboxylic acids is 2. The Morgan fingerprint density at radius 1 is 1.56 bits per heavy atom. The molecule has 0 aliphatic carbocycles. The monoisotopic (exact) mass is 491 g/mol. The number of oxime groups is 1. The van der Waals surface area contributed by atoms with Gasteiger partial charge in [0.25, 0.3) is 11.8 Å². The summed E-state index contributed by atoms with van der Waals surface area (Å²) in [5, 5.41) is 20.2. The lowest BCUT2D eigenvalue weighted by Gasteiger charge is -2.47. The van der Waals surface area contributed by atoms with E-state index in [1.165, 1.54) is 30.2 Å². The summed E-state index contributed by atoms with van der Waals surface area (Å²) in [4.78, 5) is 35.8. The van der Waals surface area contributed by atoms with Crippen LogP contribution < -0.4 is 11.1 Å². The van der Waals surface area contributed by atoms with Crippen LogP contribution in [0.25, 0.3) is 0 Å². The molecular weight excluding hydrogens is 474 g/mol. The van der Waals surface area contributed by atoms with Gasteiger partial charge in [0.05, 0.1) is 0 Å². The summed E-state index contributed by atoms with van der Waals surface area (Å²) >= 11 is 4.19. The average Bonchev–Trinajstić information content (AvgIpc) is 3.42. The van der Waals surface area contributed by atoms with Crippen molar-refractivity contribution in [3.63, 3.8) is 0 Å². The lowest BCUT2D eigenvalue weighted by Crippen LogP contribution is -2.69. The Kier molecular flexibility index (Phi) is 6.63. The van der Waals surface area contributed by atoms with Crippen LogP contribution in [0.4, 0.5) is 5.13 Å². The number of nitrogen functional groups attached to an aromatic ring is 1. The molecule has 2 aliphatic rings. The molecule has 0 radical (unpaired) electrons. The second-order valence-electron chi connectivity index (χ2n) is 6.49. The zero-order chi connectivity index (χ0) is 22.7. The molecular formula is C17H17N9O3S3. The van der Waals surface area contributed by atoms with Crippen molar-refractivity contribution in [3.8, 4) is 12.3 Å². The number of thiazole rings is 1. The van der Waals surface area contributed by atoms with Crippen molar-refractivity contribution in [3.05, 3.63) is 22.8 Å². The molecule has 0 aromatic carbocycles. The highest BCUT2D eigenvalue weighted by atomic mass is 32.2. The van der Waals surface area contributed by atoms with Crippen LogP contribution >= 0.6 is 34.9 Å². The van der Waals surface area contributed by atoms with Crippen molar-refractivity contribution in [2.45, 2.75) is 23.1 Å². The van der Waals surface area contributed by atoms with Gasteiger partial charge in [0.15, 0.2) is 10.8 Å². The number of rotatable bonds is 8. The van der Waals surface area contributed by atoms with Crippen molar-refractivity contribution in [2.24, 2.45) is 5.16 Å². The maximum Gasteiger partial charge on any atom is 0.276 e. The van der Waals surface area contributed by atoms with Gasteiger partial charge >= 0.3 is 0 Å². The fourth-order valence-electron chi connectivity index (χ4n) is 2.98. The number of nitrogens with two attached hydrogens (primary N) is 1. The molecule has 2 atom stereocenters. The van der Waals surface area contributed by atoms with Gasteiger partial charge in [0.2, 0.25) is 5.16 Å². The fraction of sp³-hybridized carbons (Fsp3) is 0.353. The molecule has 2 aliphatic heterocycles. The predicted molar refractivity (Wildman–Crippen MR) is 121 cm³/mol. The molecule has 1 fully saturated rings. The van der Waals surface area contributed by atoms with Crippen LogP contribution in [-0.2, 0) is 21.0 Å². The number of fused-ring (bicyclic) bond motifs is 1. The number of nitrogens with one attached hydrogen (secondary N) is 1. The van der Waals surface area contributed by atoms with E-state index >= 15 is 0 Å². The van der Waals surface area contributed by atoms with Gasteiger partial charge in [-0.05, 0) is 16.0 Å². The normalized spacial score (nSPS) is 20.1. The summed E-state index contributed by atoms with van der Waals surface area (Å²) in [6.07, 6.45) is 7.13. The number of β-lactam (4-membered cyclic amide) rings is 1. The number of terminal acetylenes is 1. The van der Waals surface area contributed by atoms with Crippen molar-refractivity contribution in [1.82, 2.24) is 35.4 Å². The Bertz CT molecular complexity index is 1140.